The van der Waals surface area contributed by atoms with E-state index in [1.54, 1.807) is 6.33 Å². The van der Waals surface area contributed by atoms with Gasteiger partial charge in [0.25, 0.3) is 0 Å². The predicted octanol–water partition coefficient (Wildman–Crippen LogP) is 0.328. The molecule has 0 unspecified atom stereocenters. The van der Waals surface area contributed by atoms with Gasteiger partial charge in [0.15, 0.2) is 0 Å². The van der Waals surface area contributed by atoms with Crippen LogP contribution in [0.3, 0.4) is 0 Å². The molecule has 3 N–H and O–H groups in total. The van der Waals surface area contributed by atoms with Crippen molar-refractivity contribution < 1.29 is 4.79 Å². The van der Waals surface area contributed by atoms with Gasteiger partial charge in [-0.15, -0.1) is 0 Å². The van der Waals surface area contributed by atoms with Crippen LogP contribution in [-0.2, 0) is 4.79 Å². The van der Waals surface area contributed by atoms with Gasteiger partial charge < -0.3 is 16.0 Å². The molecule has 24 heavy (non-hydrogen) atoms. The number of carbonyl (C=O) groups excluding carboxylic acids is 1. The van der Waals surface area contributed by atoms with Crippen LogP contribution >= 0.6 is 0 Å². The van der Waals surface area contributed by atoms with Gasteiger partial charge in [-0.1, -0.05) is 0 Å². The third-order valence-corrected chi connectivity index (χ3v) is 4.78. The smallest absolute Gasteiger partial charge is 0.234 e. The monoisotopic (exact) mass is 332 g/mol. The van der Waals surface area contributed by atoms with E-state index in [2.05, 4.69) is 31.2 Å². The second-order valence-corrected chi connectivity index (χ2v) is 7.21. The highest BCUT2D eigenvalue weighted by Crippen LogP contribution is 2.35. The highest BCUT2D eigenvalue weighted by atomic mass is 16.2. The molecule has 0 bridgehead atoms. The molecule has 7 nitrogen and oxygen atoms in total. The number of carbonyl (C=O) groups is 1. The van der Waals surface area contributed by atoms with Crippen molar-refractivity contribution in [1.29, 1.82) is 0 Å². The standard InChI is InChI=1S/C17H28N6O/c1-12(2)21-17(24)10-22-3-5-23(6-4-22)16-9-15(19-11-20-16)13-7-14(18)8-13/h9,11-14H,3-8,10,18H2,1-2H3,(H,21,24). The number of hydrogen-bond acceptors (Lipinski definition) is 6. The summed E-state index contributed by atoms with van der Waals surface area (Å²) in [5.41, 5.74) is 6.99. The van der Waals surface area contributed by atoms with Gasteiger partial charge in [0.05, 0.1) is 6.54 Å². The van der Waals surface area contributed by atoms with E-state index >= 15 is 0 Å². The van der Waals surface area contributed by atoms with Crippen LogP contribution < -0.4 is 16.0 Å². The van der Waals surface area contributed by atoms with Crippen molar-refractivity contribution in [2.24, 2.45) is 5.73 Å². The number of nitrogens with two attached hydrogens (primary N) is 1. The van der Waals surface area contributed by atoms with E-state index in [1.165, 1.54) is 0 Å². The van der Waals surface area contributed by atoms with Gasteiger partial charge in [-0.05, 0) is 26.7 Å². The molecule has 0 atom stereocenters. The Morgan fingerprint density at radius 1 is 1.29 bits per heavy atom. The second-order valence-electron chi connectivity index (χ2n) is 7.21. The predicted molar refractivity (Wildman–Crippen MR) is 93.9 cm³/mol. The molecular weight excluding hydrogens is 304 g/mol. The van der Waals surface area contributed by atoms with Crippen LogP contribution in [0.5, 0.6) is 0 Å². The molecule has 3 rings (SSSR count). The first-order valence-electron chi connectivity index (χ1n) is 8.85. The summed E-state index contributed by atoms with van der Waals surface area (Å²) in [6.07, 6.45) is 3.71. The number of nitrogens with zero attached hydrogens (tertiary/aromatic N) is 4. The Labute approximate surface area is 143 Å². The molecule has 1 aliphatic carbocycles. The molecule has 0 radical (unpaired) electrons. The van der Waals surface area contributed by atoms with Gasteiger partial charge in [0, 0.05) is 55.9 Å². The van der Waals surface area contributed by atoms with Crippen molar-refractivity contribution in [3.8, 4) is 0 Å². The van der Waals surface area contributed by atoms with E-state index < -0.39 is 0 Å². The van der Waals surface area contributed by atoms with E-state index in [4.69, 9.17) is 5.73 Å². The lowest BCUT2D eigenvalue weighted by Gasteiger charge is -2.36. The largest absolute Gasteiger partial charge is 0.354 e. The van der Waals surface area contributed by atoms with Gasteiger partial charge in [-0.25, -0.2) is 9.97 Å². The summed E-state index contributed by atoms with van der Waals surface area (Å²) in [6.45, 7) is 7.96. The fourth-order valence-corrected chi connectivity index (χ4v) is 3.37. The second kappa shape index (κ2) is 7.44. The highest BCUT2D eigenvalue weighted by Gasteiger charge is 2.29. The molecule has 1 saturated carbocycles. The molecule has 2 fully saturated rings. The van der Waals surface area contributed by atoms with E-state index in [0.717, 1.165) is 50.5 Å². The molecule has 1 aromatic rings. The minimum atomic E-state index is 0.101. The average Bonchev–Trinajstić information content (AvgIpc) is 2.52. The number of nitrogens with one attached hydrogen (secondary N) is 1. The maximum Gasteiger partial charge on any atom is 0.234 e. The van der Waals surface area contributed by atoms with E-state index in [0.29, 0.717) is 18.5 Å². The minimum Gasteiger partial charge on any atom is -0.354 e. The number of rotatable bonds is 5. The Balaban J connectivity index is 1.51. The molecule has 1 aromatic heterocycles. The number of anilines is 1. The van der Waals surface area contributed by atoms with Crippen molar-refractivity contribution in [3.63, 3.8) is 0 Å². The lowest BCUT2D eigenvalue weighted by atomic mass is 9.78. The van der Waals surface area contributed by atoms with Crippen LogP contribution in [0.25, 0.3) is 0 Å². The van der Waals surface area contributed by atoms with Crippen LogP contribution in [0.15, 0.2) is 12.4 Å². The molecule has 1 aliphatic heterocycles. The fraction of sp³-hybridized carbons (Fsp3) is 0.706. The number of hydrogen-bond donors (Lipinski definition) is 2. The first kappa shape index (κ1) is 17.1. The van der Waals surface area contributed by atoms with Gasteiger partial charge in [0.2, 0.25) is 5.91 Å². The molecule has 7 heteroatoms. The SMILES string of the molecule is CC(C)NC(=O)CN1CCN(c2cc(C3CC(N)C3)ncn2)CC1. The number of amides is 1. The van der Waals surface area contributed by atoms with E-state index in [1.807, 2.05) is 13.8 Å². The molecule has 2 heterocycles. The zero-order valence-corrected chi connectivity index (χ0v) is 14.6. The van der Waals surface area contributed by atoms with E-state index in [9.17, 15) is 4.79 Å². The third kappa shape index (κ3) is 4.21. The van der Waals surface area contributed by atoms with Crippen molar-refractivity contribution >= 4 is 11.7 Å². The number of aromatic nitrogens is 2. The molecule has 1 saturated heterocycles. The Kier molecular flexibility index (Phi) is 5.30. The summed E-state index contributed by atoms with van der Waals surface area (Å²) in [7, 11) is 0. The van der Waals surface area contributed by atoms with E-state index in [-0.39, 0.29) is 11.9 Å². The molecule has 1 amide bonds. The Morgan fingerprint density at radius 2 is 2.00 bits per heavy atom. The quantitative estimate of drug-likeness (QED) is 0.808. The first-order chi connectivity index (χ1) is 11.5. The average molecular weight is 332 g/mol. The summed E-state index contributed by atoms with van der Waals surface area (Å²) in [5, 5.41) is 2.94. The van der Waals surface area contributed by atoms with Crippen LogP contribution in [-0.4, -0.2) is 65.6 Å². The third-order valence-electron chi connectivity index (χ3n) is 4.78. The maximum absolute atomic E-state index is 11.9. The summed E-state index contributed by atoms with van der Waals surface area (Å²) < 4.78 is 0. The minimum absolute atomic E-state index is 0.101. The summed E-state index contributed by atoms with van der Waals surface area (Å²) in [6, 6.07) is 2.63. The highest BCUT2D eigenvalue weighted by molar-refractivity contribution is 5.78. The zero-order valence-electron chi connectivity index (χ0n) is 14.6. The summed E-state index contributed by atoms with van der Waals surface area (Å²) in [5.74, 6) is 1.58. The van der Waals surface area contributed by atoms with Crippen molar-refractivity contribution in [1.82, 2.24) is 20.2 Å². The van der Waals surface area contributed by atoms with Gasteiger partial charge in [0.1, 0.15) is 12.1 Å². The van der Waals surface area contributed by atoms with Gasteiger partial charge >= 0.3 is 0 Å². The molecular formula is C17H28N6O. The summed E-state index contributed by atoms with van der Waals surface area (Å²) >= 11 is 0. The first-order valence-corrected chi connectivity index (χ1v) is 8.85. The molecule has 0 spiro atoms. The van der Waals surface area contributed by atoms with Crippen LogP contribution in [0.2, 0.25) is 0 Å². The van der Waals surface area contributed by atoms with Gasteiger partial charge in [-0.3, -0.25) is 9.69 Å². The van der Waals surface area contributed by atoms with Crippen molar-refractivity contribution in [2.45, 2.75) is 44.7 Å². The van der Waals surface area contributed by atoms with Crippen molar-refractivity contribution in [2.75, 3.05) is 37.6 Å². The Hall–Kier alpha value is -1.73. The maximum atomic E-state index is 11.9. The fourth-order valence-electron chi connectivity index (χ4n) is 3.37. The van der Waals surface area contributed by atoms with Crippen molar-refractivity contribution in [3.05, 3.63) is 18.1 Å². The molecule has 132 valence electrons. The normalized spacial score (nSPS) is 24.8. The van der Waals surface area contributed by atoms with Gasteiger partial charge in [-0.2, -0.15) is 0 Å². The van der Waals surface area contributed by atoms with Crippen LogP contribution in [0, 0.1) is 0 Å². The Morgan fingerprint density at radius 3 is 2.62 bits per heavy atom. The summed E-state index contributed by atoms with van der Waals surface area (Å²) in [4.78, 5) is 25.2. The lowest BCUT2D eigenvalue weighted by molar-refractivity contribution is -0.122. The Bertz CT molecular complexity index is 564. The topological polar surface area (TPSA) is 87.4 Å². The lowest BCUT2D eigenvalue weighted by Crippen LogP contribution is -2.50. The van der Waals surface area contributed by atoms with Crippen LogP contribution in [0.4, 0.5) is 5.82 Å². The zero-order chi connectivity index (χ0) is 17.1. The molecule has 2 aliphatic rings. The number of piperazine rings is 1. The molecule has 0 aromatic carbocycles. The van der Waals surface area contributed by atoms with Crippen LogP contribution in [0.1, 0.15) is 38.3 Å².